The molecule has 1 amide bonds. The van der Waals surface area contributed by atoms with Crippen LogP contribution >= 0.6 is 12.2 Å². The Morgan fingerprint density at radius 1 is 0.929 bits per heavy atom. The number of methoxy groups -OCH3 is 1. The Morgan fingerprint density at radius 3 is 2.07 bits per heavy atom. The van der Waals surface area contributed by atoms with Gasteiger partial charge in [-0.2, -0.15) is 0 Å². The van der Waals surface area contributed by atoms with E-state index in [2.05, 4.69) is 16.0 Å². The highest BCUT2D eigenvalue weighted by molar-refractivity contribution is 7.80. The smallest absolute Gasteiger partial charge is 0.224 e. The Bertz CT molecular complexity index is 1210. The molecule has 1 aliphatic heterocycles. The SMILES string of the molecule is COc1ccc(NC(=S)N[C@@H](CC(C)C)C(=O)C[C@@H](Cc2ccccc2)C(=O)N[C@@H](CC(C)C)C(=O)C2(C)CO2)cc1. The van der Waals surface area contributed by atoms with Crippen molar-refractivity contribution < 1.29 is 23.9 Å². The Balaban J connectivity index is 1.76. The molecule has 0 radical (unpaired) electrons. The van der Waals surface area contributed by atoms with Gasteiger partial charge in [0.2, 0.25) is 5.91 Å². The first-order chi connectivity index (χ1) is 19.9. The monoisotopic (exact) mass is 595 g/mol. The number of hydrogen-bond acceptors (Lipinski definition) is 6. The third-order valence-electron chi connectivity index (χ3n) is 7.33. The molecule has 1 unspecified atom stereocenters. The number of benzene rings is 2. The van der Waals surface area contributed by atoms with Gasteiger partial charge in [-0.15, -0.1) is 0 Å². The van der Waals surface area contributed by atoms with Gasteiger partial charge >= 0.3 is 0 Å². The van der Waals surface area contributed by atoms with E-state index in [-0.39, 0.29) is 35.7 Å². The van der Waals surface area contributed by atoms with Gasteiger partial charge in [0.05, 0.1) is 25.8 Å². The fourth-order valence-corrected chi connectivity index (χ4v) is 5.16. The van der Waals surface area contributed by atoms with Gasteiger partial charge in [0, 0.05) is 18.0 Å². The molecule has 3 N–H and O–H groups in total. The topological polar surface area (TPSA) is 109 Å². The second kappa shape index (κ2) is 15.3. The first kappa shape index (κ1) is 33.2. The van der Waals surface area contributed by atoms with Crippen LogP contribution in [0.4, 0.5) is 5.69 Å². The summed E-state index contributed by atoms with van der Waals surface area (Å²) in [5.41, 5.74) is 0.857. The highest BCUT2D eigenvalue weighted by Gasteiger charge is 2.50. The molecule has 0 bridgehead atoms. The summed E-state index contributed by atoms with van der Waals surface area (Å²) < 4.78 is 10.6. The largest absolute Gasteiger partial charge is 0.497 e. The summed E-state index contributed by atoms with van der Waals surface area (Å²) in [5, 5.41) is 9.63. The zero-order valence-electron chi connectivity index (χ0n) is 25.6. The van der Waals surface area contributed by atoms with Crippen molar-refractivity contribution in [1.29, 1.82) is 0 Å². The van der Waals surface area contributed by atoms with E-state index in [1.54, 1.807) is 14.0 Å². The molecule has 1 saturated heterocycles. The first-order valence-electron chi connectivity index (χ1n) is 14.7. The van der Waals surface area contributed by atoms with E-state index in [1.165, 1.54) is 0 Å². The molecule has 8 nitrogen and oxygen atoms in total. The number of thiocarbonyl (C=S) groups is 1. The van der Waals surface area contributed by atoms with E-state index >= 15 is 0 Å². The van der Waals surface area contributed by atoms with Crippen LogP contribution in [-0.2, 0) is 25.5 Å². The molecule has 9 heteroatoms. The molecular formula is C33H45N3O5S. The van der Waals surface area contributed by atoms with Gasteiger partial charge in [-0.1, -0.05) is 58.0 Å². The van der Waals surface area contributed by atoms with Crippen molar-refractivity contribution in [2.45, 2.75) is 78.0 Å². The molecule has 3 rings (SSSR count). The summed E-state index contributed by atoms with van der Waals surface area (Å²) in [7, 11) is 1.60. The number of carbonyl (C=O) groups excluding carboxylic acids is 3. The summed E-state index contributed by atoms with van der Waals surface area (Å²) in [5.74, 6) is -0.0659. The molecule has 4 atom stereocenters. The van der Waals surface area contributed by atoms with Gasteiger partial charge in [-0.3, -0.25) is 14.4 Å². The average Bonchev–Trinajstić information content (AvgIpc) is 3.70. The van der Waals surface area contributed by atoms with E-state index in [0.29, 0.717) is 31.0 Å². The summed E-state index contributed by atoms with van der Waals surface area (Å²) in [6, 6.07) is 15.7. The van der Waals surface area contributed by atoms with Crippen LogP contribution in [0.3, 0.4) is 0 Å². The quantitative estimate of drug-likeness (QED) is 0.182. The van der Waals surface area contributed by atoms with Crippen LogP contribution in [0.25, 0.3) is 0 Å². The Hall–Kier alpha value is -3.30. The van der Waals surface area contributed by atoms with Crippen molar-refractivity contribution in [2.24, 2.45) is 17.8 Å². The maximum absolute atomic E-state index is 13.8. The lowest BCUT2D eigenvalue weighted by atomic mass is 9.88. The van der Waals surface area contributed by atoms with Crippen LogP contribution in [0.1, 0.15) is 59.4 Å². The molecule has 1 fully saturated rings. The first-order valence-corrected chi connectivity index (χ1v) is 15.1. The standard InChI is InChI=1S/C33H45N3O5S/c1-21(2)16-27(36-32(42)34-25-12-14-26(40-6)15-13-25)29(37)19-24(18-23-10-8-7-9-11-23)31(39)35-28(17-22(3)4)30(38)33(5)20-41-33/h7-15,21-22,24,27-28H,16-20H2,1-6H3,(H,35,39)(H2,34,36,42)/t24-,27+,28+,33?/m1/s1. The summed E-state index contributed by atoms with van der Waals surface area (Å²) in [6.45, 7) is 10.2. The van der Waals surface area contributed by atoms with Crippen molar-refractivity contribution in [3.05, 3.63) is 60.2 Å². The van der Waals surface area contributed by atoms with Crippen molar-refractivity contribution in [3.8, 4) is 5.75 Å². The second-order valence-corrected chi connectivity index (χ2v) is 12.5. The maximum atomic E-state index is 13.8. The van der Waals surface area contributed by atoms with Crippen molar-refractivity contribution in [3.63, 3.8) is 0 Å². The molecule has 0 spiro atoms. The number of nitrogens with one attached hydrogen (secondary N) is 3. The summed E-state index contributed by atoms with van der Waals surface area (Å²) >= 11 is 5.55. The molecular weight excluding hydrogens is 550 g/mol. The van der Waals surface area contributed by atoms with Gasteiger partial charge in [0.25, 0.3) is 0 Å². The number of anilines is 1. The minimum absolute atomic E-state index is 0.00657. The Morgan fingerprint density at radius 2 is 1.52 bits per heavy atom. The fourth-order valence-electron chi connectivity index (χ4n) is 4.89. The summed E-state index contributed by atoms with van der Waals surface area (Å²) in [6.07, 6.45) is 1.43. The Kier molecular flexibility index (Phi) is 12.1. The second-order valence-electron chi connectivity index (χ2n) is 12.1. The number of ether oxygens (including phenoxy) is 2. The predicted molar refractivity (Wildman–Crippen MR) is 170 cm³/mol. The highest BCUT2D eigenvalue weighted by atomic mass is 32.1. The minimum Gasteiger partial charge on any atom is -0.497 e. The van der Waals surface area contributed by atoms with E-state index in [4.69, 9.17) is 21.7 Å². The van der Waals surface area contributed by atoms with Gasteiger partial charge in [-0.25, -0.2) is 0 Å². The number of amides is 1. The zero-order valence-corrected chi connectivity index (χ0v) is 26.4. The number of epoxide rings is 1. The number of rotatable bonds is 16. The molecule has 2 aromatic carbocycles. The molecule has 0 aliphatic carbocycles. The number of hydrogen-bond donors (Lipinski definition) is 3. The van der Waals surface area contributed by atoms with Gasteiger partial charge in [0.1, 0.15) is 11.4 Å². The minimum atomic E-state index is -0.851. The lowest BCUT2D eigenvalue weighted by Crippen LogP contribution is -2.50. The lowest BCUT2D eigenvalue weighted by molar-refractivity contribution is -0.134. The van der Waals surface area contributed by atoms with Crippen LogP contribution in [0.5, 0.6) is 5.75 Å². The normalized spacial score (nSPS) is 18.1. The number of carbonyl (C=O) groups is 3. The fraction of sp³-hybridized carbons (Fsp3) is 0.515. The van der Waals surface area contributed by atoms with Crippen molar-refractivity contribution in [2.75, 3.05) is 19.0 Å². The third-order valence-corrected chi connectivity index (χ3v) is 7.55. The lowest BCUT2D eigenvalue weighted by Gasteiger charge is -2.26. The predicted octanol–water partition coefficient (Wildman–Crippen LogP) is 5.10. The van der Waals surface area contributed by atoms with Crippen molar-refractivity contribution in [1.82, 2.24) is 10.6 Å². The molecule has 1 heterocycles. The molecule has 0 saturated carbocycles. The zero-order chi connectivity index (χ0) is 30.9. The number of Topliss-reactive ketones (excluding diaryl/α,β-unsaturated/α-hetero) is 2. The van der Waals surface area contributed by atoms with Crippen LogP contribution in [-0.4, -0.2) is 54.0 Å². The van der Waals surface area contributed by atoms with Crippen LogP contribution < -0.4 is 20.7 Å². The number of ketones is 2. The Labute approximate surface area is 255 Å². The third kappa shape index (κ3) is 10.2. The van der Waals surface area contributed by atoms with E-state index in [0.717, 1.165) is 17.0 Å². The molecule has 0 aromatic heterocycles. The van der Waals surface area contributed by atoms with E-state index < -0.39 is 23.6 Å². The maximum Gasteiger partial charge on any atom is 0.224 e. The van der Waals surface area contributed by atoms with E-state index in [1.807, 2.05) is 82.3 Å². The molecule has 42 heavy (non-hydrogen) atoms. The van der Waals surface area contributed by atoms with Gasteiger partial charge < -0.3 is 25.4 Å². The molecule has 1 aliphatic rings. The average molecular weight is 596 g/mol. The van der Waals surface area contributed by atoms with Crippen LogP contribution in [0, 0.1) is 17.8 Å². The molecule has 228 valence electrons. The molecule has 2 aromatic rings. The highest BCUT2D eigenvalue weighted by Crippen LogP contribution is 2.30. The van der Waals surface area contributed by atoms with Gasteiger partial charge in [-0.05, 0) is 80.1 Å². The van der Waals surface area contributed by atoms with Crippen LogP contribution in [0.2, 0.25) is 0 Å². The van der Waals surface area contributed by atoms with E-state index in [9.17, 15) is 14.4 Å². The van der Waals surface area contributed by atoms with Crippen molar-refractivity contribution >= 4 is 40.5 Å². The van der Waals surface area contributed by atoms with Crippen LogP contribution in [0.15, 0.2) is 54.6 Å². The van der Waals surface area contributed by atoms with Gasteiger partial charge in [0.15, 0.2) is 16.7 Å². The summed E-state index contributed by atoms with van der Waals surface area (Å²) in [4.78, 5) is 40.7.